The second-order valence-corrected chi connectivity index (χ2v) is 4.68. The fourth-order valence-corrected chi connectivity index (χ4v) is 2.12. The third-order valence-corrected chi connectivity index (χ3v) is 2.99. The average molecular weight is 299 g/mol. The number of H-pyrrole nitrogens is 1. The molecule has 19 heavy (non-hydrogen) atoms. The van der Waals surface area contributed by atoms with Crippen molar-refractivity contribution in [3.63, 3.8) is 0 Å². The van der Waals surface area contributed by atoms with Gasteiger partial charge in [0.25, 0.3) is 5.56 Å². The summed E-state index contributed by atoms with van der Waals surface area (Å²) >= 11 is 11.9. The first-order valence-electron chi connectivity index (χ1n) is 5.73. The molecule has 0 unspecified atom stereocenters. The van der Waals surface area contributed by atoms with Crippen LogP contribution in [0.5, 0.6) is 0 Å². The first-order valence-corrected chi connectivity index (χ1v) is 6.49. The van der Waals surface area contributed by atoms with Crippen molar-refractivity contribution in [3.8, 4) is 11.3 Å². The topological polar surface area (TPSA) is 55.0 Å². The molecule has 0 bridgehead atoms. The van der Waals surface area contributed by atoms with Crippen LogP contribution in [0.1, 0.15) is 12.7 Å². The predicted octanol–water partition coefficient (Wildman–Crippen LogP) is 3.28. The molecular weight excluding hydrogens is 287 g/mol. The van der Waals surface area contributed by atoms with Crippen LogP contribution in [-0.4, -0.2) is 16.6 Å². The Hall–Kier alpha value is -1.36. The zero-order valence-corrected chi connectivity index (χ0v) is 11.8. The molecule has 0 atom stereocenters. The number of halogens is 2. The lowest BCUT2D eigenvalue weighted by atomic mass is 10.1. The summed E-state index contributed by atoms with van der Waals surface area (Å²) in [4.78, 5) is 18.6. The van der Waals surface area contributed by atoms with Crippen molar-refractivity contribution in [1.29, 1.82) is 0 Å². The maximum atomic E-state index is 11.6. The van der Waals surface area contributed by atoms with Crippen LogP contribution >= 0.6 is 23.2 Å². The highest BCUT2D eigenvalue weighted by Gasteiger charge is 2.08. The van der Waals surface area contributed by atoms with Crippen molar-refractivity contribution >= 4 is 23.2 Å². The second-order valence-electron chi connectivity index (χ2n) is 3.84. The summed E-state index contributed by atoms with van der Waals surface area (Å²) in [6.45, 7) is 2.68. The smallest absolute Gasteiger partial charge is 0.251 e. The van der Waals surface area contributed by atoms with Crippen molar-refractivity contribution in [2.45, 2.75) is 13.5 Å². The minimum atomic E-state index is -0.245. The van der Waals surface area contributed by atoms with Gasteiger partial charge in [-0.05, 0) is 25.1 Å². The molecule has 0 aliphatic rings. The molecule has 0 saturated heterocycles. The maximum absolute atomic E-state index is 11.6. The van der Waals surface area contributed by atoms with Crippen LogP contribution in [0.4, 0.5) is 0 Å². The molecule has 2 aromatic rings. The van der Waals surface area contributed by atoms with E-state index < -0.39 is 0 Å². The number of aromatic nitrogens is 2. The first kappa shape index (κ1) is 14.1. The SMILES string of the molecule is CCOCc1nc(-c2ccc(Cl)cc2Cl)cc(=O)[nH]1. The van der Waals surface area contributed by atoms with Crippen LogP contribution < -0.4 is 5.56 Å². The van der Waals surface area contributed by atoms with E-state index in [-0.39, 0.29) is 12.2 Å². The molecule has 6 heteroatoms. The maximum Gasteiger partial charge on any atom is 0.251 e. The number of benzene rings is 1. The molecule has 1 aromatic heterocycles. The Kier molecular flexibility index (Phi) is 4.58. The summed E-state index contributed by atoms with van der Waals surface area (Å²) in [5.41, 5.74) is 0.917. The highest BCUT2D eigenvalue weighted by Crippen LogP contribution is 2.28. The summed E-state index contributed by atoms with van der Waals surface area (Å²) in [5.74, 6) is 0.468. The number of aromatic amines is 1. The molecule has 1 N–H and O–H groups in total. The van der Waals surface area contributed by atoms with Crippen LogP contribution in [-0.2, 0) is 11.3 Å². The van der Waals surface area contributed by atoms with Crippen LogP contribution in [0, 0.1) is 0 Å². The standard InChI is InChI=1S/C13H12Cl2N2O2/c1-2-19-7-12-16-11(6-13(18)17-12)9-4-3-8(14)5-10(9)15/h3-6H,2,7H2,1H3,(H,16,17,18). The Bertz CT molecular complexity index is 641. The quantitative estimate of drug-likeness (QED) is 0.942. The van der Waals surface area contributed by atoms with Gasteiger partial charge < -0.3 is 9.72 Å². The summed E-state index contributed by atoms with van der Waals surface area (Å²) in [6.07, 6.45) is 0. The molecular formula is C13H12Cl2N2O2. The third kappa shape index (κ3) is 3.56. The number of hydrogen-bond donors (Lipinski definition) is 1. The fourth-order valence-electron chi connectivity index (χ4n) is 1.61. The highest BCUT2D eigenvalue weighted by atomic mass is 35.5. The molecule has 2 rings (SSSR count). The molecule has 1 heterocycles. The zero-order chi connectivity index (χ0) is 13.8. The zero-order valence-electron chi connectivity index (χ0n) is 10.2. The van der Waals surface area contributed by atoms with E-state index in [1.165, 1.54) is 6.07 Å². The van der Waals surface area contributed by atoms with E-state index in [1.807, 2.05) is 6.92 Å². The van der Waals surface area contributed by atoms with Crippen LogP contribution in [0.15, 0.2) is 29.1 Å². The molecule has 1 aromatic carbocycles. The number of hydrogen-bond acceptors (Lipinski definition) is 3. The van der Waals surface area contributed by atoms with E-state index in [1.54, 1.807) is 18.2 Å². The normalized spacial score (nSPS) is 10.7. The lowest BCUT2D eigenvalue weighted by molar-refractivity contribution is 0.128. The fraction of sp³-hybridized carbons (Fsp3) is 0.231. The van der Waals surface area contributed by atoms with Crippen molar-refractivity contribution in [3.05, 3.63) is 50.5 Å². The van der Waals surface area contributed by atoms with Crippen molar-refractivity contribution in [2.75, 3.05) is 6.61 Å². The Balaban J connectivity index is 2.44. The van der Waals surface area contributed by atoms with Gasteiger partial charge in [0.15, 0.2) is 0 Å². The minimum absolute atomic E-state index is 0.245. The van der Waals surface area contributed by atoms with E-state index >= 15 is 0 Å². The summed E-state index contributed by atoms with van der Waals surface area (Å²) in [5, 5.41) is 0.987. The predicted molar refractivity (Wildman–Crippen MR) is 75.6 cm³/mol. The molecule has 0 amide bonds. The van der Waals surface area contributed by atoms with E-state index in [0.29, 0.717) is 33.7 Å². The summed E-state index contributed by atoms with van der Waals surface area (Å²) in [6, 6.07) is 6.44. The van der Waals surface area contributed by atoms with Crippen molar-refractivity contribution in [2.24, 2.45) is 0 Å². The molecule has 0 saturated carbocycles. The van der Waals surface area contributed by atoms with Gasteiger partial charge in [-0.25, -0.2) is 4.98 Å². The van der Waals surface area contributed by atoms with Gasteiger partial charge in [-0.3, -0.25) is 4.79 Å². The van der Waals surface area contributed by atoms with Crippen LogP contribution in [0.25, 0.3) is 11.3 Å². The number of ether oxygens (including phenoxy) is 1. The lowest BCUT2D eigenvalue weighted by Crippen LogP contribution is -2.12. The van der Waals surface area contributed by atoms with Gasteiger partial charge in [-0.2, -0.15) is 0 Å². The van der Waals surface area contributed by atoms with E-state index in [4.69, 9.17) is 27.9 Å². The number of nitrogens with one attached hydrogen (secondary N) is 1. The third-order valence-electron chi connectivity index (χ3n) is 2.44. The molecule has 4 nitrogen and oxygen atoms in total. The van der Waals surface area contributed by atoms with Crippen molar-refractivity contribution < 1.29 is 4.74 Å². The molecule has 100 valence electrons. The number of rotatable bonds is 4. The van der Waals surface area contributed by atoms with Gasteiger partial charge >= 0.3 is 0 Å². The second kappa shape index (κ2) is 6.19. The Morgan fingerprint density at radius 3 is 2.79 bits per heavy atom. The molecule has 0 fully saturated rings. The molecule has 0 spiro atoms. The number of nitrogens with zero attached hydrogens (tertiary/aromatic N) is 1. The summed E-state index contributed by atoms with van der Waals surface area (Å²) in [7, 11) is 0. The minimum Gasteiger partial charge on any atom is -0.374 e. The van der Waals surface area contributed by atoms with Gasteiger partial charge in [0, 0.05) is 23.3 Å². The Morgan fingerprint density at radius 2 is 2.11 bits per heavy atom. The average Bonchev–Trinajstić information content (AvgIpc) is 2.35. The van der Waals surface area contributed by atoms with E-state index in [0.717, 1.165) is 0 Å². The molecule has 0 aliphatic heterocycles. The largest absolute Gasteiger partial charge is 0.374 e. The molecule has 0 aliphatic carbocycles. The van der Waals surface area contributed by atoms with Crippen LogP contribution in [0.3, 0.4) is 0 Å². The van der Waals surface area contributed by atoms with E-state index in [9.17, 15) is 4.79 Å². The van der Waals surface area contributed by atoms with Gasteiger partial charge in [-0.1, -0.05) is 23.2 Å². The van der Waals surface area contributed by atoms with Gasteiger partial charge in [0.1, 0.15) is 12.4 Å². The summed E-state index contributed by atoms with van der Waals surface area (Å²) < 4.78 is 5.23. The van der Waals surface area contributed by atoms with Gasteiger partial charge in [0.05, 0.1) is 10.7 Å². The lowest BCUT2D eigenvalue weighted by Gasteiger charge is -2.06. The highest BCUT2D eigenvalue weighted by molar-refractivity contribution is 6.36. The monoisotopic (exact) mass is 298 g/mol. The Labute approximate surface area is 120 Å². The van der Waals surface area contributed by atoms with Crippen molar-refractivity contribution in [1.82, 2.24) is 9.97 Å². The van der Waals surface area contributed by atoms with Gasteiger partial charge in [-0.15, -0.1) is 0 Å². The molecule has 0 radical (unpaired) electrons. The Morgan fingerprint density at radius 1 is 1.32 bits per heavy atom. The first-order chi connectivity index (χ1) is 9.10. The van der Waals surface area contributed by atoms with Gasteiger partial charge in [0.2, 0.25) is 0 Å². The van der Waals surface area contributed by atoms with Crippen LogP contribution in [0.2, 0.25) is 10.0 Å². The van der Waals surface area contributed by atoms with E-state index in [2.05, 4.69) is 9.97 Å².